The minimum Gasteiger partial charge on any atom is -0.494 e. The van der Waals surface area contributed by atoms with Crippen molar-refractivity contribution in [3.05, 3.63) is 99.2 Å². The summed E-state index contributed by atoms with van der Waals surface area (Å²) in [4.78, 5) is 27.0. The molecular weight excluding hydrogens is 459 g/mol. The predicted octanol–water partition coefficient (Wildman–Crippen LogP) is 3.77. The van der Waals surface area contributed by atoms with Gasteiger partial charge in [0.2, 0.25) is 0 Å². The van der Waals surface area contributed by atoms with E-state index in [1.165, 1.54) is 24.3 Å². The summed E-state index contributed by atoms with van der Waals surface area (Å²) in [7, 11) is 0. The first-order valence-corrected chi connectivity index (χ1v) is 12.3. The van der Waals surface area contributed by atoms with Crippen LogP contribution in [0.3, 0.4) is 0 Å². The van der Waals surface area contributed by atoms with Gasteiger partial charge in [0.05, 0.1) is 12.8 Å². The van der Waals surface area contributed by atoms with Gasteiger partial charge in [-0.1, -0.05) is 12.1 Å². The third-order valence-electron chi connectivity index (χ3n) is 6.80. The van der Waals surface area contributed by atoms with Crippen LogP contribution < -0.4 is 15.7 Å². The van der Waals surface area contributed by atoms with E-state index in [0.717, 1.165) is 55.2 Å². The number of amides is 1. The van der Waals surface area contributed by atoms with Crippen molar-refractivity contribution in [2.75, 3.05) is 19.7 Å². The number of ether oxygens (including phenoxy) is 1. The van der Waals surface area contributed by atoms with Crippen molar-refractivity contribution in [1.82, 2.24) is 14.9 Å². The van der Waals surface area contributed by atoms with Gasteiger partial charge < -0.3 is 9.30 Å². The fraction of sp³-hybridized carbons (Fsp3) is 0.321. The predicted molar refractivity (Wildman–Crippen MR) is 136 cm³/mol. The number of fused-ring (bicyclic) bond motifs is 4. The number of hydrogen-bond acceptors (Lipinski definition) is 5. The molecule has 1 saturated heterocycles. The molecule has 3 aromatic rings. The maximum Gasteiger partial charge on any atom is 0.271 e. The molecule has 0 aliphatic carbocycles. The first kappa shape index (κ1) is 23.9. The van der Waals surface area contributed by atoms with E-state index in [2.05, 4.69) is 21.5 Å². The highest BCUT2D eigenvalue weighted by molar-refractivity contribution is 5.94. The Balaban J connectivity index is 1.30. The zero-order valence-corrected chi connectivity index (χ0v) is 20.2. The summed E-state index contributed by atoms with van der Waals surface area (Å²) < 4.78 is 21.2. The molecule has 0 spiro atoms. The van der Waals surface area contributed by atoms with E-state index in [9.17, 15) is 14.0 Å². The van der Waals surface area contributed by atoms with Gasteiger partial charge in [-0.2, -0.15) is 5.10 Å². The second-order valence-corrected chi connectivity index (χ2v) is 9.40. The minimum atomic E-state index is -0.476. The second-order valence-electron chi connectivity index (χ2n) is 9.40. The largest absolute Gasteiger partial charge is 0.494 e. The van der Waals surface area contributed by atoms with Gasteiger partial charge in [0.25, 0.3) is 11.5 Å². The lowest BCUT2D eigenvalue weighted by atomic mass is 9.83. The first-order valence-electron chi connectivity index (χ1n) is 12.3. The first-order chi connectivity index (χ1) is 17.5. The van der Waals surface area contributed by atoms with E-state index in [4.69, 9.17) is 4.74 Å². The number of carbonyl (C=O) groups excluding carboxylic acids is 1. The van der Waals surface area contributed by atoms with Gasteiger partial charge in [-0.15, -0.1) is 0 Å². The van der Waals surface area contributed by atoms with E-state index < -0.39 is 11.7 Å². The molecule has 2 atom stereocenters. The molecule has 36 heavy (non-hydrogen) atoms. The van der Waals surface area contributed by atoms with Crippen LogP contribution in [0.1, 0.15) is 46.4 Å². The van der Waals surface area contributed by atoms with Gasteiger partial charge >= 0.3 is 0 Å². The standard InChI is InChI=1S/C28H29FN4O3/c1-2-36-26-10-9-19(14-30-31-28(35)21-5-3-6-24(29)13-21)11-23(26)18-32-15-20-12-22(17-32)25-7-4-8-27(34)33(25)16-20/h3-11,13-14,20,22H,2,12,15-18H2,1H3,(H,31,35). The summed E-state index contributed by atoms with van der Waals surface area (Å²) in [5, 5.41) is 4.06. The Morgan fingerprint density at radius 2 is 2.00 bits per heavy atom. The van der Waals surface area contributed by atoms with Crippen LogP contribution in [-0.2, 0) is 13.1 Å². The third kappa shape index (κ3) is 5.23. The molecule has 1 N–H and O–H groups in total. The summed E-state index contributed by atoms with van der Waals surface area (Å²) in [5.41, 5.74) is 5.74. The van der Waals surface area contributed by atoms with Crippen LogP contribution in [0.25, 0.3) is 0 Å². The number of nitrogens with zero attached hydrogens (tertiary/aromatic N) is 3. The average molecular weight is 489 g/mol. The van der Waals surface area contributed by atoms with Crippen molar-refractivity contribution < 1.29 is 13.9 Å². The maximum atomic E-state index is 13.4. The van der Waals surface area contributed by atoms with Crippen LogP contribution in [0.15, 0.2) is 70.6 Å². The second kappa shape index (κ2) is 10.5. The highest BCUT2D eigenvalue weighted by Crippen LogP contribution is 2.36. The number of nitrogens with one attached hydrogen (secondary N) is 1. The van der Waals surface area contributed by atoms with Crippen LogP contribution in [0.5, 0.6) is 5.75 Å². The molecule has 186 valence electrons. The molecule has 1 fully saturated rings. The molecule has 2 aliphatic heterocycles. The zero-order chi connectivity index (χ0) is 25.1. The molecule has 2 aliphatic rings. The quantitative estimate of drug-likeness (QED) is 0.406. The van der Waals surface area contributed by atoms with E-state index in [-0.39, 0.29) is 11.1 Å². The van der Waals surface area contributed by atoms with Crippen molar-refractivity contribution in [1.29, 1.82) is 0 Å². The molecule has 5 rings (SSSR count). The summed E-state index contributed by atoms with van der Waals surface area (Å²) in [6, 6.07) is 16.9. The number of likely N-dealkylation sites (tertiary alicyclic amines) is 1. The van der Waals surface area contributed by atoms with Crippen LogP contribution in [0.4, 0.5) is 4.39 Å². The van der Waals surface area contributed by atoms with Crippen LogP contribution >= 0.6 is 0 Å². The molecule has 8 heteroatoms. The van der Waals surface area contributed by atoms with Crippen LogP contribution in [0.2, 0.25) is 0 Å². The normalized spacial score (nSPS) is 19.2. The molecule has 1 aromatic heterocycles. The zero-order valence-electron chi connectivity index (χ0n) is 20.2. The summed E-state index contributed by atoms with van der Waals surface area (Å²) in [6.45, 7) is 5.81. The Morgan fingerprint density at radius 3 is 2.83 bits per heavy atom. The molecule has 3 heterocycles. The van der Waals surface area contributed by atoms with Crippen molar-refractivity contribution in [2.24, 2.45) is 11.0 Å². The number of carbonyl (C=O) groups is 1. The Morgan fingerprint density at radius 1 is 1.14 bits per heavy atom. The molecule has 2 bridgehead atoms. The Bertz CT molecular complexity index is 1350. The molecule has 0 saturated carbocycles. The molecular formula is C28H29FN4O3. The van der Waals surface area contributed by atoms with Crippen molar-refractivity contribution in [3.63, 3.8) is 0 Å². The monoisotopic (exact) mass is 488 g/mol. The Labute approximate surface area is 209 Å². The van der Waals surface area contributed by atoms with Gasteiger partial charge in [0.15, 0.2) is 0 Å². The SMILES string of the molecule is CCOc1ccc(C=NNC(=O)c2cccc(F)c2)cc1CN1CC2CC(C1)c1cccc(=O)n1C2. The van der Waals surface area contributed by atoms with Gasteiger partial charge in [0.1, 0.15) is 11.6 Å². The number of benzene rings is 2. The fourth-order valence-electron chi connectivity index (χ4n) is 5.32. The highest BCUT2D eigenvalue weighted by atomic mass is 19.1. The van der Waals surface area contributed by atoms with E-state index in [1.807, 2.05) is 35.8 Å². The summed E-state index contributed by atoms with van der Waals surface area (Å²) in [6.07, 6.45) is 2.68. The number of pyridine rings is 1. The Kier molecular flexibility index (Phi) is 6.95. The molecule has 1 amide bonds. The third-order valence-corrected chi connectivity index (χ3v) is 6.80. The lowest BCUT2D eigenvalue weighted by molar-refractivity contribution is 0.0954. The van der Waals surface area contributed by atoms with E-state index in [0.29, 0.717) is 18.4 Å². The van der Waals surface area contributed by atoms with Crippen LogP contribution in [0, 0.1) is 11.7 Å². The topological polar surface area (TPSA) is 75.9 Å². The Hall–Kier alpha value is -3.78. The van der Waals surface area contributed by atoms with Crippen molar-refractivity contribution in [3.8, 4) is 5.75 Å². The number of piperidine rings is 1. The lowest BCUT2D eigenvalue weighted by Gasteiger charge is -2.43. The van der Waals surface area contributed by atoms with Crippen molar-refractivity contribution in [2.45, 2.75) is 32.4 Å². The number of hydrazone groups is 1. The fourth-order valence-corrected chi connectivity index (χ4v) is 5.32. The summed E-state index contributed by atoms with van der Waals surface area (Å²) >= 11 is 0. The number of halogens is 1. The lowest BCUT2D eigenvalue weighted by Crippen LogP contribution is -2.46. The smallest absolute Gasteiger partial charge is 0.271 e. The number of aromatic nitrogens is 1. The van der Waals surface area contributed by atoms with E-state index >= 15 is 0 Å². The number of rotatable bonds is 7. The van der Waals surface area contributed by atoms with Gasteiger partial charge in [-0.05, 0) is 67.3 Å². The van der Waals surface area contributed by atoms with Gasteiger partial charge in [-0.25, -0.2) is 9.82 Å². The molecule has 2 aromatic carbocycles. The molecule has 0 radical (unpaired) electrons. The van der Waals surface area contributed by atoms with Gasteiger partial charge in [-0.3, -0.25) is 14.5 Å². The van der Waals surface area contributed by atoms with E-state index in [1.54, 1.807) is 12.3 Å². The average Bonchev–Trinajstić information content (AvgIpc) is 2.86. The molecule has 2 unspecified atom stereocenters. The van der Waals surface area contributed by atoms with Crippen molar-refractivity contribution >= 4 is 12.1 Å². The van der Waals surface area contributed by atoms with Crippen LogP contribution in [-0.4, -0.2) is 41.3 Å². The maximum absolute atomic E-state index is 13.4. The molecule has 7 nitrogen and oxygen atoms in total. The highest BCUT2D eigenvalue weighted by Gasteiger charge is 2.34. The minimum absolute atomic E-state index is 0.0887. The number of hydrogen-bond donors (Lipinski definition) is 1. The summed E-state index contributed by atoms with van der Waals surface area (Å²) in [5.74, 6) is 0.654. The van der Waals surface area contributed by atoms with Gasteiger partial charge in [0, 0.05) is 55.0 Å².